The Bertz CT molecular complexity index is 718. The van der Waals surface area contributed by atoms with Crippen LogP contribution in [0.4, 0.5) is 5.69 Å². The molecule has 0 fully saturated rings. The van der Waals surface area contributed by atoms with Crippen LogP contribution in [0.15, 0.2) is 49.3 Å². The number of halogens is 1. The maximum atomic E-state index is 6.30. The van der Waals surface area contributed by atoms with Gasteiger partial charge in [0, 0.05) is 25.5 Å². The highest BCUT2D eigenvalue weighted by molar-refractivity contribution is 6.33. The van der Waals surface area contributed by atoms with E-state index >= 15 is 0 Å². The first-order valence-corrected chi connectivity index (χ1v) is 7.17. The average molecular weight is 302 g/mol. The first-order valence-electron chi connectivity index (χ1n) is 6.80. The summed E-state index contributed by atoms with van der Waals surface area (Å²) in [6.45, 7) is 3.83. The highest BCUT2D eigenvalue weighted by Gasteiger charge is 2.10. The van der Waals surface area contributed by atoms with Gasteiger partial charge in [-0.3, -0.25) is 0 Å². The summed E-state index contributed by atoms with van der Waals surface area (Å²) in [6, 6.07) is 7.86. The van der Waals surface area contributed by atoms with Gasteiger partial charge in [0.25, 0.3) is 0 Å². The van der Waals surface area contributed by atoms with E-state index in [0.29, 0.717) is 5.02 Å². The monoisotopic (exact) mass is 301 g/mol. The Kier molecular flexibility index (Phi) is 3.92. The minimum Gasteiger partial charge on any atom is -0.379 e. The molecule has 0 atom stereocenters. The van der Waals surface area contributed by atoms with Crippen molar-refractivity contribution in [2.75, 3.05) is 5.32 Å². The normalized spacial score (nSPS) is 10.8. The summed E-state index contributed by atoms with van der Waals surface area (Å²) in [7, 11) is 0. The van der Waals surface area contributed by atoms with E-state index in [1.165, 1.54) is 11.9 Å². The Morgan fingerprint density at radius 2 is 2.19 bits per heavy atom. The number of anilines is 1. The molecule has 2 heterocycles. The lowest BCUT2D eigenvalue weighted by Crippen LogP contribution is -2.05. The quantitative estimate of drug-likeness (QED) is 0.786. The van der Waals surface area contributed by atoms with E-state index in [9.17, 15) is 0 Å². The Morgan fingerprint density at radius 1 is 1.29 bits per heavy atom. The molecule has 108 valence electrons. The van der Waals surface area contributed by atoms with E-state index < -0.39 is 0 Å². The van der Waals surface area contributed by atoms with E-state index in [1.54, 1.807) is 11.0 Å². The molecular formula is C15H16ClN5. The molecular weight excluding hydrogens is 286 g/mol. The molecule has 0 aliphatic carbocycles. The maximum Gasteiger partial charge on any atom is 0.138 e. The van der Waals surface area contributed by atoms with E-state index in [1.807, 2.05) is 18.2 Å². The van der Waals surface area contributed by atoms with Crippen LogP contribution in [0.5, 0.6) is 0 Å². The van der Waals surface area contributed by atoms with Gasteiger partial charge in [-0.25, -0.2) is 9.67 Å². The number of rotatable bonds is 5. The molecule has 3 rings (SSSR count). The lowest BCUT2D eigenvalue weighted by Gasteiger charge is -2.12. The molecule has 0 aliphatic rings. The molecule has 0 spiro atoms. The van der Waals surface area contributed by atoms with Gasteiger partial charge in [0.2, 0.25) is 0 Å². The van der Waals surface area contributed by atoms with Crippen molar-refractivity contribution in [2.24, 2.45) is 0 Å². The van der Waals surface area contributed by atoms with Crippen LogP contribution < -0.4 is 5.32 Å². The van der Waals surface area contributed by atoms with Crippen LogP contribution in [0.3, 0.4) is 0 Å². The molecule has 21 heavy (non-hydrogen) atoms. The molecule has 0 aliphatic heterocycles. The third-order valence-electron chi connectivity index (χ3n) is 3.29. The van der Waals surface area contributed by atoms with Crippen molar-refractivity contribution >= 4 is 17.3 Å². The number of hydrogen-bond donors (Lipinski definition) is 1. The van der Waals surface area contributed by atoms with Crippen molar-refractivity contribution in [1.82, 2.24) is 19.3 Å². The summed E-state index contributed by atoms with van der Waals surface area (Å²) >= 11 is 6.30. The van der Waals surface area contributed by atoms with Gasteiger partial charge < -0.3 is 9.88 Å². The van der Waals surface area contributed by atoms with E-state index in [4.69, 9.17) is 11.6 Å². The minimum absolute atomic E-state index is 0.636. The second-order valence-corrected chi connectivity index (χ2v) is 5.09. The largest absolute Gasteiger partial charge is 0.379 e. The summed E-state index contributed by atoms with van der Waals surface area (Å²) in [4.78, 5) is 3.98. The fourth-order valence-corrected chi connectivity index (χ4v) is 2.46. The molecule has 3 aromatic rings. The van der Waals surface area contributed by atoms with Gasteiger partial charge >= 0.3 is 0 Å². The molecule has 0 amide bonds. The third-order valence-corrected chi connectivity index (χ3v) is 3.60. The topological polar surface area (TPSA) is 47.7 Å². The van der Waals surface area contributed by atoms with Crippen LogP contribution in [0.2, 0.25) is 5.02 Å². The zero-order valence-corrected chi connectivity index (χ0v) is 12.5. The fraction of sp³-hybridized carbons (Fsp3) is 0.200. The first kappa shape index (κ1) is 13.7. The van der Waals surface area contributed by atoms with E-state index in [-0.39, 0.29) is 0 Å². The zero-order chi connectivity index (χ0) is 14.7. The van der Waals surface area contributed by atoms with Gasteiger partial charge in [-0.15, -0.1) is 0 Å². The standard InChI is InChI=1S/C15H16ClN5/c1-2-20-7-6-12(9-20)8-18-14-5-3-4-13(16)15(14)21-11-17-10-19-21/h3-7,9-11,18H,2,8H2,1H3. The summed E-state index contributed by atoms with van der Waals surface area (Å²) in [5, 5.41) is 8.20. The third kappa shape index (κ3) is 2.92. The number of aromatic nitrogens is 4. The maximum absolute atomic E-state index is 6.30. The minimum atomic E-state index is 0.636. The molecule has 5 nitrogen and oxygen atoms in total. The molecule has 0 saturated carbocycles. The van der Waals surface area contributed by atoms with E-state index in [0.717, 1.165) is 24.5 Å². The van der Waals surface area contributed by atoms with Gasteiger partial charge in [0.05, 0.1) is 10.7 Å². The van der Waals surface area contributed by atoms with Gasteiger partial charge in [0.1, 0.15) is 18.3 Å². The van der Waals surface area contributed by atoms with Gasteiger partial charge in [0.15, 0.2) is 0 Å². The summed E-state index contributed by atoms with van der Waals surface area (Å²) in [5.41, 5.74) is 2.96. The van der Waals surface area contributed by atoms with Crippen molar-refractivity contribution < 1.29 is 0 Å². The smallest absolute Gasteiger partial charge is 0.138 e. The van der Waals surface area contributed by atoms with Crippen molar-refractivity contribution in [1.29, 1.82) is 0 Å². The predicted octanol–water partition coefficient (Wildman–Crippen LogP) is 3.35. The number of aryl methyl sites for hydroxylation is 1. The number of para-hydroxylation sites is 1. The summed E-state index contributed by atoms with van der Waals surface area (Å²) in [6.07, 6.45) is 7.34. The number of nitrogens with zero attached hydrogens (tertiary/aromatic N) is 4. The zero-order valence-electron chi connectivity index (χ0n) is 11.7. The SMILES string of the molecule is CCn1ccc(CNc2cccc(Cl)c2-n2cncn2)c1. The van der Waals surface area contributed by atoms with Crippen LogP contribution in [0, 0.1) is 0 Å². The molecule has 0 bridgehead atoms. The van der Waals surface area contributed by atoms with Crippen LogP contribution in [-0.2, 0) is 13.1 Å². The molecule has 6 heteroatoms. The summed E-state index contributed by atoms with van der Waals surface area (Å²) in [5.74, 6) is 0. The van der Waals surface area contributed by atoms with Gasteiger partial charge in [-0.05, 0) is 30.7 Å². The number of nitrogens with one attached hydrogen (secondary N) is 1. The Hall–Kier alpha value is -2.27. The van der Waals surface area contributed by atoms with Crippen LogP contribution in [0.1, 0.15) is 12.5 Å². The van der Waals surface area contributed by atoms with Crippen LogP contribution in [-0.4, -0.2) is 19.3 Å². The summed E-state index contributed by atoms with van der Waals surface area (Å²) < 4.78 is 3.81. The number of benzene rings is 1. The van der Waals surface area contributed by atoms with Crippen LogP contribution in [0.25, 0.3) is 5.69 Å². The Morgan fingerprint density at radius 3 is 2.90 bits per heavy atom. The van der Waals surface area contributed by atoms with Crippen molar-refractivity contribution in [3.63, 3.8) is 0 Å². The highest BCUT2D eigenvalue weighted by Crippen LogP contribution is 2.28. The first-order chi connectivity index (χ1) is 10.3. The molecule has 0 radical (unpaired) electrons. The van der Waals surface area contributed by atoms with E-state index in [2.05, 4.69) is 45.4 Å². The molecule has 0 unspecified atom stereocenters. The second kappa shape index (κ2) is 6.01. The van der Waals surface area contributed by atoms with Gasteiger partial charge in [-0.1, -0.05) is 17.7 Å². The lowest BCUT2D eigenvalue weighted by atomic mass is 10.2. The molecule has 1 N–H and O–H groups in total. The molecule has 2 aromatic heterocycles. The Balaban J connectivity index is 1.84. The second-order valence-electron chi connectivity index (χ2n) is 4.68. The van der Waals surface area contributed by atoms with Gasteiger partial charge in [-0.2, -0.15) is 5.10 Å². The molecule has 1 aromatic carbocycles. The predicted molar refractivity (Wildman–Crippen MR) is 83.8 cm³/mol. The van der Waals surface area contributed by atoms with Crippen molar-refractivity contribution in [3.8, 4) is 5.69 Å². The van der Waals surface area contributed by atoms with Crippen LogP contribution >= 0.6 is 11.6 Å². The fourth-order valence-electron chi connectivity index (χ4n) is 2.20. The van der Waals surface area contributed by atoms with Crippen molar-refractivity contribution in [2.45, 2.75) is 20.0 Å². The molecule has 0 saturated heterocycles. The average Bonchev–Trinajstić information content (AvgIpc) is 3.16. The van der Waals surface area contributed by atoms with Crippen molar-refractivity contribution in [3.05, 3.63) is 59.9 Å². The Labute approximate surface area is 128 Å². The number of hydrogen-bond acceptors (Lipinski definition) is 3. The highest BCUT2D eigenvalue weighted by atomic mass is 35.5. The lowest BCUT2D eigenvalue weighted by molar-refractivity contribution is 0.766.